The van der Waals surface area contributed by atoms with Crippen molar-refractivity contribution in [1.29, 1.82) is 0 Å². The average molecular weight is 280 g/mol. The lowest BCUT2D eigenvalue weighted by Crippen LogP contribution is -2.14. The van der Waals surface area contributed by atoms with Crippen LogP contribution in [0.25, 0.3) is 0 Å². The van der Waals surface area contributed by atoms with Crippen molar-refractivity contribution in [2.45, 2.75) is 25.0 Å². The predicted molar refractivity (Wildman–Crippen MR) is 56.7 cm³/mol. The number of hydrogen-bond acceptors (Lipinski definition) is 3. The molecule has 1 heterocycles. The molecule has 1 aliphatic heterocycles. The standard InChI is InChI=1S/C12H12F4O3/c13-9-5-7(1-2-8(9)12(14,15)16)10(17)6-11-18-3-4-19-11/h1-2,5,10-11,17H,3-4,6H2. The van der Waals surface area contributed by atoms with E-state index >= 15 is 0 Å². The SMILES string of the molecule is OC(CC1OCCO1)c1ccc(C(F)(F)F)c(F)c1. The number of benzene rings is 1. The molecule has 1 N–H and O–H groups in total. The molecule has 0 aromatic heterocycles. The van der Waals surface area contributed by atoms with E-state index in [-0.39, 0.29) is 12.0 Å². The average Bonchev–Trinajstić information content (AvgIpc) is 2.79. The van der Waals surface area contributed by atoms with Crippen molar-refractivity contribution in [3.63, 3.8) is 0 Å². The highest BCUT2D eigenvalue weighted by Crippen LogP contribution is 2.33. The smallest absolute Gasteiger partial charge is 0.388 e. The van der Waals surface area contributed by atoms with Crippen molar-refractivity contribution in [3.05, 3.63) is 35.1 Å². The second kappa shape index (κ2) is 5.44. The molecule has 1 aromatic carbocycles. The van der Waals surface area contributed by atoms with E-state index in [4.69, 9.17) is 9.47 Å². The first kappa shape index (κ1) is 14.2. The fourth-order valence-electron chi connectivity index (χ4n) is 1.83. The molecule has 1 aliphatic rings. The molecule has 106 valence electrons. The van der Waals surface area contributed by atoms with Crippen molar-refractivity contribution in [2.24, 2.45) is 0 Å². The molecule has 0 radical (unpaired) electrons. The van der Waals surface area contributed by atoms with E-state index in [0.717, 1.165) is 6.07 Å². The third-order valence-corrected chi connectivity index (χ3v) is 2.79. The van der Waals surface area contributed by atoms with Gasteiger partial charge in [-0.15, -0.1) is 0 Å². The van der Waals surface area contributed by atoms with Crippen LogP contribution in [-0.4, -0.2) is 24.6 Å². The quantitative estimate of drug-likeness (QED) is 0.865. The molecule has 7 heteroatoms. The third kappa shape index (κ3) is 3.43. The first-order valence-electron chi connectivity index (χ1n) is 5.66. The molecule has 3 nitrogen and oxygen atoms in total. The maximum Gasteiger partial charge on any atom is 0.419 e. The molecule has 2 rings (SSSR count). The Balaban J connectivity index is 2.10. The van der Waals surface area contributed by atoms with E-state index in [1.54, 1.807) is 0 Å². The van der Waals surface area contributed by atoms with E-state index in [0.29, 0.717) is 25.3 Å². The zero-order valence-electron chi connectivity index (χ0n) is 9.78. The van der Waals surface area contributed by atoms with Gasteiger partial charge < -0.3 is 14.6 Å². The number of aliphatic hydroxyl groups excluding tert-OH is 1. The molecular weight excluding hydrogens is 268 g/mol. The van der Waals surface area contributed by atoms with Crippen LogP contribution < -0.4 is 0 Å². The van der Waals surface area contributed by atoms with Crippen molar-refractivity contribution < 1.29 is 32.1 Å². The Morgan fingerprint density at radius 2 is 1.89 bits per heavy atom. The number of hydrogen-bond donors (Lipinski definition) is 1. The van der Waals surface area contributed by atoms with Gasteiger partial charge in [0.1, 0.15) is 5.82 Å². The van der Waals surface area contributed by atoms with Gasteiger partial charge in [0.2, 0.25) is 0 Å². The first-order chi connectivity index (χ1) is 8.88. The molecule has 0 bridgehead atoms. The zero-order chi connectivity index (χ0) is 14.0. The summed E-state index contributed by atoms with van der Waals surface area (Å²) in [5, 5.41) is 9.79. The summed E-state index contributed by atoms with van der Waals surface area (Å²) in [6.07, 6.45) is -6.45. The Morgan fingerprint density at radius 3 is 2.42 bits per heavy atom. The summed E-state index contributed by atoms with van der Waals surface area (Å²) < 4.78 is 60.6. The first-order valence-corrected chi connectivity index (χ1v) is 5.66. The predicted octanol–water partition coefficient (Wildman–Crippen LogP) is 2.64. The van der Waals surface area contributed by atoms with Crippen LogP contribution in [-0.2, 0) is 15.7 Å². The zero-order valence-corrected chi connectivity index (χ0v) is 9.78. The number of alkyl halides is 3. The maximum absolute atomic E-state index is 13.3. The second-order valence-electron chi connectivity index (χ2n) is 4.16. The molecule has 1 fully saturated rings. The van der Waals surface area contributed by atoms with Gasteiger partial charge in [-0.3, -0.25) is 0 Å². The van der Waals surface area contributed by atoms with Crippen molar-refractivity contribution in [3.8, 4) is 0 Å². The Morgan fingerprint density at radius 1 is 1.26 bits per heavy atom. The molecule has 0 amide bonds. The topological polar surface area (TPSA) is 38.7 Å². The monoisotopic (exact) mass is 280 g/mol. The summed E-state index contributed by atoms with van der Waals surface area (Å²) in [5.74, 6) is -1.41. The van der Waals surface area contributed by atoms with Gasteiger partial charge in [-0.25, -0.2) is 4.39 Å². The van der Waals surface area contributed by atoms with Gasteiger partial charge in [0.05, 0.1) is 24.9 Å². The minimum Gasteiger partial charge on any atom is -0.388 e. The van der Waals surface area contributed by atoms with Crippen LogP contribution in [0, 0.1) is 5.82 Å². The van der Waals surface area contributed by atoms with Crippen LogP contribution in [0.3, 0.4) is 0 Å². The van der Waals surface area contributed by atoms with E-state index in [1.807, 2.05) is 0 Å². The fraction of sp³-hybridized carbons (Fsp3) is 0.500. The van der Waals surface area contributed by atoms with Crippen LogP contribution in [0.1, 0.15) is 23.7 Å². The molecule has 0 aliphatic carbocycles. The highest BCUT2D eigenvalue weighted by molar-refractivity contribution is 5.27. The number of aliphatic hydroxyl groups is 1. The van der Waals surface area contributed by atoms with Crippen molar-refractivity contribution in [1.82, 2.24) is 0 Å². The van der Waals surface area contributed by atoms with Gasteiger partial charge in [-0.1, -0.05) is 6.07 Å². The third-order valence-electron chi connectivity index (χ3n) is 2.79. The molecule has 1 aromatic rings. The molecule has 0 saturated carbocycles. The van der Waals surface area contributed by atoms with E-state index in [9.17, 15) is 22.7 Å². The lowest BCUT2D eigenvalue weighted by atomic mass is 10.0. The van der Waals surface area contributed by atoms with Gasteiger partial charge in [-0.2, -0.15) is 13.2 Å². The molecule has 1 atom stereocenters. The lowest BCUT2D eigenvalue weighted by molar-refractivity contribution is -0.140. The Labute approximate surface area is 106 Å². The van der Waals surface area contributed by atoms with E-state index in [2.05, 4.69) is 0 Å². The number of halogens is 4. The summed E-state index contributed by atoms with van der Waals surface area (Å²) in [5.41, 5.74) is -1.29. The Hall–Kier alpha value is -1.18. The minimum atomic E-state index is -4.74. The minimum absolute atomic E-state index is 0.0464. The highest BCUT2D eigenvalue weighted by Gasteiger charge is 2.34. The van der Waals surface area contributed by atoms with Crippen LogP contribution in [0.15, 0.2) is 18.2 Å². The van der Waals surface area contributed by atoms with Gasteiger partial charge in [-0.05, 0) is 17.7 Å². The normalized spacial score (nSPS) is 18.8. The summed E-state index contributed by atoms with van der Waals surface area (Å²) in [4.78, 5) is 0. The van der Waals surface area contributed by atoms with Crippen LogP contribution in [0.5, 0.6) is 0 Å². The maximum atomic E-state index is 13.3. The van der Waals surface area contributed by atoms with E-state index < -0.39 is 30.0 Å². The molecule has 1 saturated heterocycles. The van der Waals surface area contributed by atoms with Crippen LogP contribution >= 0.6 is 0 Å². The highest BCUT2D eigenvalue weighted by atomic mass is 19.4. The van der Waals surface area contributed by atoms with Gasteiger partial charge in [0.15, 0.2) is 6.29 Å². The second-order valence-corrected chi connectivity index (χ2v) is 4.16. The lowest BCUT2D eigenvalue weighted by Gasteiger charge is -2.16. The molecular formula is C12H12F4O3. The molecule has 0 spiro atoms. The summed E-state index contributed by atoms with van der Waals surface area (Å²) >= 11 is 0. The Kier molecular flexibility index (Phi) is 4.07. The number of rotatable bonds is 3. The van der Waals surface area contributed by atoms with Crippen LogP contribution in [0.2, 0.25) is 0 Å². The summed E-state index contributed by atoms with van der Waals surface area (Å²) in [7, 11) is 0. The van der Waals surface area contributed by atoms with Gasteiger partial charge in [0.25, 0.3) is 0 Å². The largest absolute Gasteiger partial charge is 0.419 e. The van der Waals surface area contributed by atoms with Crippen LogP contribution in [0.4, 0.5) is 17.6 Å². The van der Waals surface area contributed by atoms with Gasteiger partial charge in [0, 0.05) is 6.42 Å². The fourth-order valence-corrected chi connectivity index (χ4v) is 1.83. The number of ether oxygens (including phenoxy) is 2. The molecule has 1 unspecified atom stereocenters. The summed E-state index contributed by atoms with van der Waals surface area (Å²) in [6.45, 7) is 0.803. The Bertz CT molecular complexity index is 441. The van der Waals surface area contributed by atoms with Crippen molar-refractivity contribution >= 4 is 0 Å². The van der Waals surface area contributed by atoms with Crippen molar-refractivity contribution in [2.75, 3.05) is 13.2 Å². The molecule has 19 heavy (non-hydrogen) atoms. The van der Waals surface area contributed by atoms with Gasteiger partial charge >= 0.3 is 6.18 Å². The summed E-state index contributed by atoms with van der Waals surface area (Å²) in [6, 6.07) is 2.35. The van der Waals surface area contributed by atoms with E-state index in [1.165, 1.54) is 0 Å².